The van der Waals surface area contributed by atoms with Crippen LogP contribution in [0.15, 0.2) is 0 Å². The first kappa shape index (κ1) is 26.2. The monoisotopic (exact) mass is 550 g/mol. The van der Waals surface area contributed by atoms with Crippen molar-refractivity contribution in [1.82, 2.24) is 29.4 Å². The van der Waals surface area contributed by atoms with E-state index in [1.807, 2.05) is 0 Å². The second kappa shape index (κ2) is 9.63. The molecule has 224 valence electrons. The number of nitrogens with zero attached hydrogens (tertiary/aromatic N) is 6. The van der Waals surface area contributed by atoms with Gasteiger partial charge in [-0.15, -0.1) is 0 Å². The number of piperazine rings is 4. The number of fused-ring (bicyclic) bond motifs is 9. The quantitative estimate of drug-likeness (QED) is 0.453. The van der Waals surface area contributed by atoms with Crippen LogP contribution in [0.4, 0.5) is 0 Å². The Kier molecular flexibility index (Phi) is 6.30. The molecular weight excluding hydrogens is 492 g/mol. The van der Waals surface area contributed by atoms with E-state index in [0.717, 1.165) is 78.5 Å². The summed E-state index contributed by atoms with van der Waals surface area (Å²) in [5.41, 5.74) is 0. The van der Waals surface area contributed by atoms with Crippen molar-refractivity contribution in [3.8, 4) is 0 Å². The minimum Gasteiger partial charge on any atom is -0.297 e. The van der Waals surface area contributed by atoms with Gasteiger partial charge in [-0.3, -0.25) is 29.4 Å². The summed E-state index contributed by atoms with van der Waals surface area (Å²) >= 11 is 0. The van der Waals surface area contributed by atoms with Gasteiger partial charge < -0.3 is 0 Å². The van der Waals surface area contributed by atoms with Crippen molar-refractivity contribution >= 4 is 0 Å². The Morgan fingerprint density at radius 3 is 1.23 bits per heavy atom. The molecule has 9 fully saturated rings. The van der Waals surface area contributed by atoms with Crippen LogP contribution in [0.5, 0.6) is 0 Å². The molecule has 6 nitrogen and oxygen atoms in total. The normalized spacial score (nSPS) is 55.8. The Balaban J connectivity index is 1.16. The van der Waals surface area contributed by atoms with Gasteiger partial charge in [-0.05, 0) is 92.4 Å². The SMILES string of the molecule is CN1C2CCCCC2N2C3CCC4C(C3N(C)C3CCCC1C32)N1C2CCCCC2N(C)C2CCCC(C21)N4C. The first-order valence-corrected chi connectivity index (χ1v) is 18.0. The lowest BCUT2D eigenvalue weighted by Gasteiger charge is -2.74. The smallest absolute Gasteiger partial charge is 0.0430 e. The lowest BCUT2D eigenvalue weighted by Crippen LogP contribution is -2.88. The third-order valence-corrected chi connectivity index (χ3v) is 15.2. The van der Waals surface area contributed by atoms with Crippen molar-refractivity contribution < 1.29 is 0 Å². The molecule has 0 aromatic carbocycles. The van der Waals surface area contributed by atoms with Gasteiger partial charge in [0.1, 0.15) is 0 Å². The molecule has 9 aliphatic rings. The standard InChI is InChI=1S/C34H58N6/c1-35-21-11-5-7-13-23(21)39-30-20-19-29-34(33(30)38(4)28-18-10-15-25(35)31(28)39)40-24-14-8-6-12-22(24)36(2)26-16-9-17-27(32(26)40)37(29)3/h21-34H,5-20H2,1-4H3. The highest BCUT2D eigenvalue weighted by Crippen LogP contribution is 2.53. The minimum absolute atomic E-state index is 0.710. The van der Waals surface area contributed by atoms with Crippen molar-refractivity contribution in [3.63, 3.8) is 0 Å². The minimum atomic E-state index is 0.710. The molecule has 9 rings (SSSR count). The second-order valence-corrected chi connectivity index (χ2v) is 16.2. The van der Waals surface area contributed by atoms with Crippen molar-refractivity contribution in [3.05, 3.63) is 0 Å². The summed E-state index contributed by atoms with van der Waals surface area (Å²) in [6.07, 6.45) is 23.1. The van der Waals surface area contributed by atoms with E-state index in [4.69, 9.17) is 0 Å². The fraction of sp³-hybridized carbons (Fsp3) is 1.00. The molecule has 4 heterocycles. The number of hydrogen-bond acceptors (Lipinski definition) is 6. The molecule has 4 saturated heterocycles. The highest BCUT2D eigenvalue weighted by molar-refractivity contribution is 5.23. The van der Waals surface area contributed by atoms with Crippen molar-refractivity contribution in [2.24, 2.45) is 0 Å². The Bertz CT molecular complexity index is 968. The zero-order valence-electron chi connectivity index (χ0n) is 26.1. The van der Waals surface area contributed by atoms with E-state index in [2.05, 4.69) is 57.6 Å². The molecule has 4 aliphatic heterocycles. The Labute approximate surface area is 244 Å². The molecular formula is C34H58N6. The summed E-state index contributed by atoms with van der Waals surface area (Å²) in [6.45, 7) is 0. The van der Waals surface area contributed by atoms with Crippen LogP contribution in [0, 0.1) is 0 Å². The maximum Gasteiger partial charge on any atom is 0.0430 e. The Morgan fingerprint density at radius 1 is 0.275 bits per heavy atom. The third-order valence-electron chi connectivity index (χ3n) is 15.2. The fourth-order valence-corrected chi connectivity index (χ4v) is 13.8. The molecule has 6 heteroatoms. The molecule has 14 unspecified atom stereocenters. The van der Waals surface area contributed by atoms with Gasteiger partial charge in [-0.2, -0.15) is 0 Å². The van der Waals surface area contributed by atoms with E-state index in [9.17, 15) is 0 Å². The summed E-state index contributed by atoms with van der Waals surface area (Å²) in [6, 6.07) is 10.8. The van der Waals surface area contributed by atoms with E-state index in [1.165, 1.54) is 103 Å². The van der Waals surface area contributed by atoms with Crippen LogP contribution in [0.25, 0.3) is 0 Å². The van der Waals surface area contributed by atoms with E-state index >= 15 is 0 Å². The molecule has 5 aliphatic carbocycles. The van der Waals surface area contributed by atoms with Gasteiger partial charge >= 0.3 is 0 Å². The molecule has 0 spiro atoms. The average Bonchev–Trinajstić information content (AvgIpc) is 3.00. The molecule has 5 saturated carbocycles. The van der Waals surface area contributed by atoms with Gasteiger partial charge in [0.15, 0.2) is 0 Å². The van der Waals surface area contributed by atoms with E-state index in [1.54, 1.807) is 0 Å². The van der Waals surface area contributed by atoms with E-state index in [-0.39, 0.29) is 0 Å². The van der Waals surface area contributed by atoms with Crippen LogP contribution >= 0.6 is 0 Å². The molecule has 0 N–H and O–H groups in total. The zero-order valence-corrected chi connectivity index (χ0v) is 26.1. The van der Waals surface area contributed by atoms with E-state index < -0.39 is 0 Å². The molecule has 0 amide bonds. The summed E-state index contributed by atoms with van der Waals surface area (Å²) in [5, 5.41) is 0. The van der Waals surface area contributed by atoms with Crippen LogP contribution in [0.1, 0.15) is 103 Å². The topological polar surface area (TPSA) is 19.4 Å². The molecule has 40 heavy (non-hydrogen) atoms. The average molecular weight is 551 g/mol. The maximum absolute atomic E-state index is 3.34. The van der Waals surface area contributed by atoms with Gasteiger partial charge in [0, 0.05) is 84.6 Å². The maximum atomic E-state index is 3.34. The summed E-state index contributed by atoms with van der Waals surface area (Å²) < 4.78 is 0. The molecule has 0 bridgehead atoms. The first-order valence-electron chi connectivity index (χ1n) is 18.0. The van der Waals surface area contributed by atoms with Crippen LogP contribution in [-0.2, 0) is 0 Å². The van der Waals surface area contributed by atoms with Crippen LogP contribution in [0.2, 0.25) is 0 Å². The van der Waals surface area contributed by atoms with Gasteiger partial charge in [0.25, 0.3) is 0 Å². The second-order valence-electron chi connectivity index (χ2n) is 16.2. The van der Waals surface area contributed by atoms with Gasteiger partial charge in [0.2, 0.25) is 0 Å². The third kappa shape index (κ3) is 3.39. The van der Waals surface area contributed by atoms with E-state index in [0.29, 0.717) is 6.04 Å². The molecule has 0 radical (unpaired) electrons. The summed E-state index contributed by atoms with van der Waals surface area (Å²) in [4.78, 5) is 18.6. The number of rotatable bonds is 0. The van der Waals surface area contributed by atoms with Crippen molar-refractivity contribution in [2.45, 2.75) is 187 Å². The summed E-state index contributed by atoms with van der Waals surface area (Å²) in [7, 11) is 10.3. The van der Waals surface area contributed by atoms with Gasteiger partial charge in [-0.25, -0.2) is 0 Å². The van der Waals surface area contributed by atoms with Crippen LogP contribution in [0.3, 0.4) is 0 Å². The van der Waals surface area contributed by atoms with Gasteiger partial charge in [-0.1, -0.05) is 38.5 Å². The van der Waals surface area contributed by atoms with Crippen LogP contribution in [-0.4, -0.2) is 142 Å². The van der Waals surface area contributed by atoms with Gasteiger partial charge in [0.05, 0.1) is 0 Å². The molecule has 14 atom stereocenters. The number of likely N-dealkylation sites (N-methyl/N-ethyl adjacent to an activating group) is 4. The highest BCUT2D eigenvalue weighted by Gasteiger charge is 2.66. The Hall–Kier alpha value is -0.240. The van der Waals surface area contributed by atoms with Crippen molar-refractivity contribution in [2.75, 3.05) is 28.2 Å². The molecule has 0 aromatic rings. The summed E-state index contributed by atoms with van der Waals surface area (Å²) in [5.74, 6) is 0. The van der Waals surface area contributed by atoms with Crippen molar-refractivity contribution in [1.29, 1.82) is 0 Å². The lowest BCUT2D eigenvalue weighted by molar-refractivity contribution is -0.235. The predicted octanol–water partition coefficient (Wildman–Crippen LogP) is 3.84. The van der Waals surface area contributed by atoms with Crippen LogP contribution < -0.4 is 0 Å². The highest BCUT2D eigenvalue weighted by atomic mass is 15.5. The fourth-order valence-electron chi connectivity index (χ4n) is 13.8. The Morgan fingerprint density at radius 2 is 0.650 bits per heavy atom. The zero-order chi connectivity index (χ0) is 26.9. The number of hydrogen-bond donors (Lipinski definition) is 0. The first-order chi connectivity index (χ1) is 19.6. The lowest BCUT2D eigenvalue weighted by atomic mass is 9.64. The largest absolute Gasteiger partial charge is 0.297 e. The molecule has 0 aromatic heterocycles. The predicted molar refractivity (Wildman–Crippen MR) is 162 cm³/mol.